The third-order valence-electron chi connectivity index (χ3n) is 6.70. The lowest BCUT2D eigenvalue weighted by atomic mass is 9.85. The molecule has 6 aromatic rings. The Morgan fingerprint density at radius 1 is 0.889 bits per heavy atom. The standard InChI is InChI=1S/C26H19FN8O/c27-16-5-6-19-22(9-16)34(14-31-19)26-30-12-20-25(33-26)35(24(32-20)15-10-28-13-29-11-15)21-7-8-23(36)18-4-2-1-3-17(18)21/h1-6,9-14,21,23,36H,7-8H2/t21-,23-/m1/s1. The van der Waals surface area contributed by atoms with E-state index in [0.29, 0.717) is 46.8 Å². The number of imidazole rings is 2. The Balaban J connectivity index is 1.49. The molecule has 1 aliphatic rings. The van der Waals surface area contributed by atoms with Gasteiger partial charge in [0.25, 0.3) is 0 Å². The Hall–Kier alpha value is -4.57. The third-order valence-corrected chi connectivity index (χ3v) is 6.70. The van der Waals surface area contributed by atoms with Crippen LogP contribution in [0.4, 0.5) is 4.39 Å². The molecule has 9 nitrogen and oxygen atoms in total. The Kier molecular flexibility index (Phi) is 4.61. The van der Waals surface area contributed by atoms with E-state index >= 15 is 0 Å². The normalized spacial score (nSPS) is 17.5. The van der Waals surface area contributed by atoms with Crippen molar-refractivity contribution >= 4 is 22.2 Å². The molecule has 0 amide bonds. The highest BCUT2D eigenvalue weighted by Gasteiger charge is 2.31. The summed E-state index contributed by atoms with van der Waals surface area (Å²) >= 11 is 0. The third kappa shape index (κ3) is 3.18. The topological polar surface area (TPSA) is 107 Å². The summed E-state index contributed by atoms with van der Waals surface area (Å²) in [7, 11) is 0. The number of fused-ring (bicyclic) bond motifs is 3. The number of benzene rings is 2. The van der Waals surface area contributed by atoms with Crippen LogP contribution in [0.25, 0.3) is 39.5 Å². The largest absolute Gasteiger partial charge is 0.388 e. The molecule has 2 atom stereocenters. The quantitative estimate of drug-likeness (QED) is 0.407. The van der Waals surface area contributed by atoms with Gasteiger partial charge < -0.3 is 9.67 Å². The fourth-order valence-electron chi connectivity index (χ4n) is 5.06. The first-order valence-electron chi connectivity index (χ1n) is 11.6. The number of aromatic nitrogens is 8. The van der Waals surface area contributed by atoms with Crippen molar-refractivity contribution < 1.29 is 9.50 Å². The molecule has 0 aliphatic heterocycles. The molecule has 0 spiro atoms. The molecule has 1 N–H and O–H groups in total. The van der Waals surface area contributed by atoms with Crippen LogP contribution in [0.3, 0.4) is 0 Å². The zero-order valence-corrected chi connectivity index (χ0v) is 18.9. The van der Waals surface area contributed by atoms with Crippen LogP contribution < -0.4 is 0 Å². The number of aliphatic hydroxyl groups excluding tert-OH is 1. The molecule has 7 rings (SSSR count). The van der Waals surface area contributed by atoms with Crippen molar-refractivity contribution in [2.24, 2.45) is 0 Å². The predicted molar refractivity (Wildman–Crippen MR) is 130 cm³/mol. The number of rotatable bonds is 3. The number of hydrogen-bond donors (Lipinski definition) is 1. The fourth-order valence-corrected chi connectivity index (χ4v) is 5.06. The smallest absolute Gasteiger partial charge is 0.237 e. The van der Waals surface area contributed by atoms with Gasteiger partial charge in [-0.3, -0.25) is 4.57 Å². The Morgan fingerprint density at radius 2 is 1.72 bits per heavy atom. The predicted octanol–water partition coefficient (Wildman–Crippen LogP) is 4.18. The van der Waals surface area contributed by atoms with Crippen molar-refractivity contribution in [3.8, 4) is 17.3 Å². The van der Waals surface area contributed by atoms with Gasteiger partial charge >= 0.3 is 0 Å². The van der Waals surface area contributed by atoms with Crippen LogP contribution in [0.15, 0.2) is 73.7 Å². The minimum absolute atomic E-state index is 0.121. The summed E-state index contributed by atoms with van der Waals surface area (Å²) in [5.41, 5.74) is 5.11. The van der Waals surface area contributed by atoms with Crippen molar-refractivity contribution in [1.29, 1.82) is 0 Å². The Bertz CT molecular complexity index is 1750. The van der Waals surface area contributed by atoms with Crippen LogP contribution in [0.2, 0.25) is 0 Å². The number of aliphatic hydroxyl groups is 1. The van der Waals surface area contributed by atoms with Crippen molar-refractivity contribution in [2.45, 2.75) is 25.0 Å². The first-order valence-corrected chi connectivity index (χ1v) is 11.6. The van der Waals surface area contributed by atoms with Gasteiger partial charge in [-0.05, 0) is 36.1 Å². The average Bonchev–Trinajstić information content (AvgIpc) is 3.50. The maximum Gasteiger partial charge on any atom is 0.237 e. The van der Waals surface area contributed by atoms with Gasteiger partial charge in [0.15, 0.2) is 5.65 Å². The van der Waals surface area contributed by atoms with Crippen molar-refractivity contribution in [1.82, 2.24) is 39.0 Å². The van der Waals surface area contributed by atoms with Crippen LogP contribution in [0.5, 0.6) is 0 Å². The minimum atomic E-state index is -0.520. The Labute approximate surface area is 204 Å². The Morgan fingerprint density at radius 3 is 2.58 bits per heavy atom. The summed E-state index contributed by atoms with van der Waals surface area (Å²) in [6.45, 7) is 0. The van der Waals surface area contributed by atoms with Gasteiger partial charge in [0, 0.05) is 18.5 Å². The lowest BCUT2D eigenvalue weighted by Crippen LogP contribution is -2.21. The molecule has 4 aromatic heterocycles. The molecule has 0 bridgehead atoms. The lowest BCUT2D eigenvalue weighted by Gasteiger charge is -2.31. The zero-order valence-electron chi connectivity index (χ0n) is 18.9. The first-order chi connectivity index (χ1) is 17.7. The van der Waals surface area contributed by atoms with Gasteiger partial charge in [0.2, 0.25) is 5.95 Å². The number of nitrogens with zero attached hydrogens (tertiary/aromatic N) is 8. The highest BCUT2D eigenvalue weighted by Crippen LogP contribution is 2.41. The molecule has 36 heavy (non-hydrogen) atoms. The maximum atomic E-state index is 14.0. The van der Waals surface area contributed by atoms with E-state index in [9.17, 15) is 9.50 Å². The van der Waals surface area contributed by atoms with Crippen LogP contribution in [-0.4, -0.2) is 44.1 Å². The van der Waals surface area contributed by atoms with E-state index in [4.69, 9.17) is 9.97 Å². The molecular formula is C26H19FN8O. The average molecular weight is 478 g/mol. The van der Waals surface area contributed by atoms with E-state index in [2.05, 4.69) is 24.5 Å². The van der Waals surface area contributed by atoms with Gasteiger partial charge in [-0.1, -0.05) is 24.3 Å². The van der Waals surface area contributed by atoms with Crippen molar-refractivity contribution in [3.05, 3.63) is 90.7 Å². The fraction of sp³-hybridized carbons (Fsp3) is 0.154. The van der Waals surface area contributed by atoms with Crippen molar-refractivity contribution in [3.63, 3.8) is 0 Å². The van der Waals surface area contributed by atoms with Gasteiger partial charge in [0.05, 0.1) is 34.9 Å². The van der Waals surface area contributed by atoms with Gasteiger partial charge in [-0.25, -0.2) is 29.3 Å². The summed E-state index contributed by atoms with van der Waals surface area (Å²) in [6, 6.07) is 12.2. The summed E-state index contributed by atoms with van der Waals surface area (Å²) in [6.07, 6.45) is 8.94. The second-order valence-corrected chi connectivity index (χ2v) is 8.80. The minimum Gasteiger partial charge on any atom is -0.388 e. The van der Waals surface area contributed by atoms with Gasteiger partial charge in [0.1, 0.15) is 29.8 Å². The second kappa shape index (κ2) is 7.99. The molecule has 1 aliphatic carbocycles. The molecule has 2 aromatic carbocycles. The molecule has 176 valence electrons. The zero-order chi connectivity index (χ0) is 24.2. The van der Waals surface area contributed by atoms with E-state index in [1.807, 2.05) is 24.3 Å². The summed E-state index contributed by atoms with van der Waals surface area (Å²) in [4.78, 5) is 27.0. The monoisotopic (exact) mass is 478 g/mol. The highest BCUT2D eigenvalue weighted by molar-refractivity contribution is 5.79. The second-order valence-electron chi connectivity index (χ2n) is 8.80. The summed E-state index contributed by atoms with van der Waals surface area (Å²) < 4.78 is 17.7. The van der Waals surface area contributed by atoms with E-state index in [1.54, 1.807) is 35.6 Å². The van der Waals surface area contributed by atoms with Crippen molar-refractivity contribution in [2.75, 3.05) is 0 Å². The van der Waals surface area contributed by atoms with Crippen LogP contribution in [-0.2, 0) is 0 Å². The lowest BCUT2D eigenvalue weighted by molar-refractivity contribution is 0.148. The molecule has 0 saturated heterocycles. The van der Waals surface area contributed by atoms with Crippen LogP contribution in [0, 0.1) is 5.82 Å². The van der Waals surface area contributed by atoms with E-state index in [1.165, 1.54) is 18.5 Å². The first kappa shape index (κ1) is 20.8. The van der Waals surface area contributed by atoms with E-state index < -0.39 is 6.10 Å². The molecule has 0 radical (unpaired) electrons. The maximum absolute atomic E-state index is 14.0. The van der Waals surface area contributed by atoms with Gasteiger partial charge in [-0.2, -0.15) is 4.98 Å². The van der Waals surface area contributed by atoms with Gasteiger partial charge in [-0.15, -0.1) is 0 Å². The molecule has 0 fully saturated rings. The number of hydrogen-bond acceptors (Lipinski definition) is 7. The van der Waals surface area contributed by atoms with Crippen LogP contribution in [0.1, 0.15) is 36.1 Å². The summed E-state index contributed by atoms with van der Waals surface area (Å²) in [5, 5.41) is 10.7. The molecule has 0 saturated carbocycles. The van der Waals surface area contributed by atoms with E-state index in [-0.39, 0.29) is 11.9 Å². The van der Waals surface area contributed by atoms with E-state index in [0.717, 1.165) is 16.7 Å². The molecule has 4 heterocycles. The molecular weight excluding hydrogens is 459 g/mol. The SMILES string of the molecule is O[C@@H]1CC[C@@H](n2c(-c3cncnc3)nc3cnc(-n4cnc5ccc(F)cc54)nc32)c2ccccc21. The highest BCUT2D eigenvalue weighted by atomic mass is 19.1. The van der Waals surface area contributed by atoms with Crippen LogP contribution >= 0.6 is 0 Å². The molecule has 10 heteroatoms. The molecule has 0 unspecified atom stereocenters. The summed E-state index contributed by atoms with van der Waals surface area (Å²) in [5.74, 6) is 0.658. The number of halogens is 1.